The molecule has 3 aromatic rings. The van der Waals surface area contributed by atoms with Crippen LogP contribution in [-0.2, 0) is 0 Å². The number of thiol groups is 1. The van der Waals surface area contributed by atoms with Crippen molar-refractivity contribution in [2.45, 2.75) is 14.7 Å². The zero-order chi connectivity index (χ0) is 14.7. The van der Waals surface area contributed by atoms with Gasteiger partial charge in [-0.3, -0.25) is 0 Å². The second-order valence-corrected chi connectivity index (χ2v) is 6.82. The second-order valence-electron chi connectivity index (χ2n) is 4.60. The highest BCUT2D eigenvalue weighted by atomic mass is 32.2. The van der Waals surface area contributed by atoms with Crippen molar-refractivity contribution in [2.75, 3.05) is 0 Å². The standard InChI is InChI=1S/C18H14F2S/c19-17-12-11-16(13-18(17)20)21(14-7-3-1-4-8-14)15-9-5-2-6-10-15/h1-13,21H. The molecule has 21 heavy (non-hydrogen) atoms. The van der Waals surface area contributed by atoms with Gasteiger partial charge in [0, 0.05) is 0 Å². The Labute approximate surface area is 125 Å². The fourth-order valence-corrected chi connectivity index (χ4v) is 4.53. The Morgan fingerprint density at radius 3 is 1.52 bits per heavy atom. The lowest BCUT2D eigenvalue weighted by atomic mass is 10.3. The highest BCUT2D eigenvalue weighted by molar-refractivity contribution is 8.17. The molecule has 0 N–H and O–H groups in total. The summed E-state index contributed by atoms with van der Waals surface area (Å²) in [4.78, 5) is 3.04. The fraction of sp³-hybridized carbons (Fsp3) is 0. The van der Waals surface area contributed by atoms with Crippen LogP contribution in [0.5, 0.6) is 0 Å². The molecular weight excluding hydrogens is 286 g/mol. The van der Waals surface area contributed by atoms with Crippen molar-refractivity contribution in [3.05, 3.63) is 90.5 Å². The average Bonchev–Trinajstić information content (AvgIpc) is 2.53. The zero-order valence-corrected chi connectivity index (χ0v) is 12.1. The third-order valence-corrected chi connectivity index (χ3v) is 5.61. The van der Waals surface area contributed by atoms with E-state index in [0.29, 0.717) is 0 Å². The molecule has 0 atom stereocenters. The first-order valence-corrected chi connectivity index (χ1v) is 7.95. The van der Waals surface area contributed by atoms with Gasteiger partial charge < -0.3 is 0 Å². The Morgan fingerprint density at radius 1 is 0.524 bits per heavy atom. The molecule has 3 aromatic carbocycles. The average molecular weight is 300 g/mol. The summed E-state index contributed by atoms with van der Waals surface area (Å²) >= 11 is 0. The molecule has 106 valence electrons. The fourth-order valence-electron chi connectivity index (χ4n) is 2.23. The quantitative estimate of drug-likeness (QED) is 0.611. The molecule has 3 rings (SSSR count). The van der Waals surface area contributed by atoms with E-state index < -0.39 is 22.5 Å². The van der Waals surface area contributed by atoms with Gasteiger partial charge in [0.25, 0.3) is 0 Å². The van der Waals surface area contributed by atoms with E-state index in [1.807, 2.05) is 60.7 Å². The van der Waals surface area contributed by atoms with E-state index in [-0.39, 0.29) is 0 Å². The first-order chi connectivity index (χ1) is 10.3. The summed E-state index contributed by atoms with van der Waals surface area (Å²) in [6.07, 6.45) is 0. The first-order valence-electron chi connectivity index (χ1n) is 6.61. The van der Waals surface area contributed by atoms with E-state index in [1.165, 1.54) is 12.1 Å². The lowest BCUT2D eigenvalue weighted by Crippen LogP contribution is -1.91. The van der Waals surface area contributed by atoms with Gasteiger partial charge >= 0.3 is 0 Å². The normalized spacial score (nSPS) is 11.2. The van der Waals surface area contributed by atoms with Crippen molar-refractivity contribution < 1.29 is 8.78 Å². The van der Waals surface area contributed by atoms with Gasteiger partial charge in [-0.05, 0) is 57.2 Å². The molecule has 0 saturated carbocycles. The van der Waals surface area contributed by atoms with Gasteiger partial charge in [0.05, 0.1) is 0 Å². The summed E-state index contributed by atoms with van der Waals surface area (Å²) in [5.41, 5.74) is 0. The van der Waals surface area contributed by atoms with Crippen LogP contribution in [0.2, 0.25) is 0 Å². The summed E-state index contributed by atoms with van der Waals surface area (Å²) in [6.45, 7) is 0. The minimum Gasteiger partial charge on any atom is -0.204 e. The summed E-state index contributed by atoms with van der Waals surface area (Å²) in [5.74, 6) is -1.61. The highest BCUT2D eigenvalue weighted by Gasteiger charge is 2.14. The summed E-state index contributed by atoms with van der Waals surface area (Å²) in [7, 11) is -0.881. The van der Waals surface area contributed by atoms with Crippen LogP contribution in [0, 0.1) is 11.6 Å². The van der Waals surface area contributed by atoms with E-state index >= 15 is 0 Å². The maximum absolute atomic E-state index is 13.6. The molecular formula is C18H14F2S. The van der Waals surface area contributed by atoms with E-state index in [9.17, 15) is 8.78 Å². The lowest BCUT2D eigenvalue weighted by Gasteiger charge is -2.23. The molecule has 0 saturated heterocycles. The lowest BCUT2D eigenvalue weighted by molar-refractivity contribution is 0.506. The molecule has 3 heteroatoms. The van der Waals surface area contributed by atoms with E-state index in [4.69, 9.17) is 0 Å². The van der Waals surface area contributed by atoms with Crippen LogP contribution in [-0.4, -0.2) is 0 Å². The van der Waals surface area contributed by atoms with Crippen LogP contribution in [0.25, 0.3) is 0 Å². The summed E-state index contributed by atoms with van der Waals surface area (Å²) in [5, 5.41) is 0. The molecule has 0 heterocycles. The molecule has 0 aromatic heterocycles. The van der Waals surface area contributed by atoms with Gasteiger partial charge in [0.1, 0.15) is 0 Å². The number of hydrogen-bond donors (Lipinski definition) is 1. The van der Waals surface area contributed by atoms with Crippen molar-refractivity contribution in [3.8, 4) is 0 Å². The van der Waals surface area contributed by atoms with Gasteiger partial charge in [0.2, 0.25) is 0 Å². The monoisotopic (exact) mass is 300 g/mol. The van der Waals surface area contributed by atoms with Gasteiger partial charge in [0.15, 0.2) is 11.6 Å². The number of benzene rings is 3. The molecule has 0 bridgehead atoms. The topological polar surface area (TPSA) is 0 Å². The molecule has 0 nitrogen and oxygen atoms in total. The van der Waals surface area contributed by atoms with E-state index in [2.05, 4.69) is 0 Å². The minimum atomic E-state index is -0.881. The zero-order valence-electron chi connectivity index (χ0n) is 11.2. The highest BCUT2D eigenvalue weighted by Crippen LogP contribution is 2.51. The summed E-state index contributed by atoms with van der Waals surface area (Å²) < 4.78 is 26.8. The maximum Gasteiger partial charge on any atom is 0.159 e. The van der Waals surface area contributed by atoms with Crippen molar-refractivity contribution in [2.24, 2.45) is 0 Å². The van der Waals surface area contributed by atoms with Crippen molar-refractivity contribution in [3.63, 3.8) is 0 Å². The van der Waals surface area contributed by atoms with Crippen molar-refractivity contribution >= 4 is 10.9 Å². The van der Waals surface area contributed by atoms with Crippen molar-refractivity contribution in [1.82, 2.24) is 0 Å². The van der Waals surface area contributed by atoms with E-state index in [0.717, 1.165) is 14.7 Å². The molecule has 0 unspecified atom stereocenters. The predicted octanol–water partition coefficient (Wildman–Crippen LogP) is 5.44. The third-order valence-electron chi connectivity index (χ3n) is 3.19. The van der Waals surface area contributed by atoms with Crippen LogP contribution in [0.1, 0.15) is 0 Å². The van der Waals surface area contributed by atoms with Gasteiger partial charge in [-0.2, -0.15) is 10.9 Å². The van der Waals surface area contributed by atoms with Crippen LogP contribution in [0.3, 0.4) is 0 Å². The largest absolute Gasteiger partial charge is 0.204 e. The SMILES string of the molecule is Fc1ccc([SH](c2ccccc2)c2ccccc2)cc1F. The molecule has 0 amide bonds. The molecule has 0 aliphatic carbocycles. The molecule has 0 fully saturated rings. The molecule has 0 aliphatic rings. The predicted molar refractivity (Wildman–Crippen MR) is 83.0 cm³/mol. The Balaban J connectivity index is 2.14. The van der Waals surface area contributed by atoms with Crippen LogP contribution in [0.4, 0.5) is 8.78 Å². The number of hydrogen-bond acceptors (Lipinski definition) is 0. The number of halogens is 2. The van der Waals surface area contributed by atoms with Gasteiger partial charge in [-0.1, -0.05) is 36.4 Å². The summed E-state index contributed by atoms with van der Waals surface area (Å²) in [6, 6.07) is 24.1. The maximum atomic E-state index is 13.6. The molecule has 0 radical (unpaired) electrons. The second kappa shape index (κ2) is 6.10. The Hall–Kier alpha value is -2.13. The van der Waals surface area contributed by atoms with Crippen LogP contribution in [0.15, 0.2) is 93.5 Å². The first kappa shape index (κ1) is 13.8. The van der Waals surface area contributed by atoms with Crippen LogP contribution < -0.4 is 0 Å². The van der Waals surface area contributed by atoms with E-state index in [1.54, 1.807) is 6.07 Å². The molecule has 0 aliphatic heterocycles. The van der Waals surface area contributed by atoms with Crippen LogP contribution >= 0.6 is 10.9 Å². The smallest absolute Gasteiger partial charge is 0.159 e. The van der Waals surface area contributed by atoms with Gasteiger partial charge in [-0.25, -0.2) is 8.78 Å². The minimum absolute atomic E-state index is 0.799. The van der Waals surface area contributed by atoms with Gasteiger partial charge in [-0.15, -0.1) is 0 Å². The Morgan fingerprint density at radius 2 is 1.05 bits per heavy atom. The molecule has 0 spiro atoms. The number of rotatable bonds is 3. The van der Waals surface area contributed by atoms with Crippen molar-refractivity contribution in [1.29, 1.82) is 0 Å². The Kier molecular flexibility index (Phi) is 4.02. The third kappa shape index (κ3) is 2.98. The Bertz CT molecular complexity index is 687.